The Kier molecular flexibility index (Phi) is 5.23. The zero-order chi connectivity index (χ0) is 14.5. The van der Waals surface area contributed by atoms with E-state index in [0.717, 1.165) is 43.4 Å². The van der Waals surface area contributed by atoms with Gasteiger partial charge in [0, 0.05) is 36.8 Å². The fourth-order valence-corrected chi connectivity index (χ4v) is 2.51. The van der Waals surface area contributed by atoms with E-state index >= 15 is 0 Å². The molecule has 0 spiro atoms. The topological polar surface area (TPSA) is 57.0 Å². The Morgan fingerprint density at radius 1 is 1.40 bits per heavy atom. The normalized spacial score (nSPS) is 21.5. The molecule has 1 aromatic rings. The van der Waals surface area contributed by atoms with E-state index in [0.29, 0.717) is 6.04 Å². The molecular weight excluding hydrogens is 256 g/mol. The standard InChI is InChI=1S/C15H24N2O3/c1-11-10-20-7-6-17(11)9-14(16)13-5-4-12(18-2)8-15(13)19-3/h4-5,8,11,14H,6-7,9-10,16H2,1-3H3. The quantitative estimate of drug-likeness (QED) is 0.884. The van der Waals surface area contributed by atoms with Gasteiger partial charge in [-0.15, -0.1) is 0 Å². The van der Waals surface area contributed by atoms with E-state index in [2.05, 4.69) is 11.8 Å². The van der Waals surface area contributed by atoms with Crippen LogP contribution in [0.15, 0.2) is 18.2 Å². The predicted molar refractivity (Wildman–Crippen MR) is 78.3 cm³/mol. The van der Waals surface area contributed by atoms with E-state index < -0.39 is 0 Å². The number of benzene rings is 1. The molecule has 0 saturated carbocycles. The van der Waals surface area contributed by atoms with Gasteiger partial charge in [0.05, 0.1) is 27.4 Å². The minimum Gasteiger partial charge on any atom is -0.497 e. The molecular formula is C15H24N2O3. The van der Waals surface area contributed by atoms with Crippen LogP contribution in [0.25, 0.3) is 0 Å². The first-order valence-electron chi connectivity index (χ1n) is 6.95. The minimum absolute atomic E-state index is 0.0867. The molecule has 0 aliphatic carbocycles. The van der Waals surface area contributed by atoms with E-state index in [1.165, 1.54) is 0 Å². The molecule has 2 atom stereocenters. The van der Waals surface area contributed by atoms with Gasteiger partial charge in [0.15, 0.2) is 0 Å². The molecule has 5 nitrogen and oxygen atoms in total. The van der Waals surface area contributed by atoms with Gasteiger partial charge in [-0.2, -0.15) is 0 Å². The molecule has 1 aromatic carbocycles. The first-order valence-corrected chi connectivity index (χ1v) is 6.95. The molecule has 112 valence electrons. The van der Waals surface area contributed by atoms with Gasteiger partial charge in [-0.1, -0.05) is 6.07 Å². The van der Waals surface area contributed by atoms with Crippen LogP contribution >= 0.6 is 0 Å². The molecule has 0 aromatic heterocycles. The number of hydrogen-bond donors (Lipinski definition) is 1. The summed E-state index contributed by atoms with van der Waals surface area (Å²) in [5, 5.41) is 0. The monoisotopic (exact) mass is 280 g/mol. The average molecular weight is 280 g/mol. The number of nitrogens with zero attached hydrogens (tertiary/aromatic N) is 1. The SMILES string of the molecule is COc1ccc(C(N)CN2CCOCC2C)c(OC)c1. The van der Waals surface area contributed by atoms with Crippen molar-refractivity contribution in [2.75, 3.05) is 40.5 Å². The van der Waals surface area contributed by atoms with Crippen LogP contribution in [-0.4, -0.2) is 51.5 Å². The summed E-state index contributed by atoms with van der Waals surface area (Å²) < 4.78 is 16.1. The van der Waals surface area contributed by atoms with Crippen LogP contribution in [0.5, 0.6) is 11.5 Å². The Morgan fingerprint density at radius 2 is 2.20 bits per heavy atom. The molecule has 1 saturated heterocycles. The zero-order valence-corrected chi connectivity index (χ0v) is 12.5. The number of ether oxygens (including phenoxy) is 3. The molecule has 2 unspecified atom stereocenters. The van der Waals surface area contributed by atoms with Crippen LogP contribution in [0.3, 0.4) is 0 Å². The number of methoxy groups -OCH3 is 2. The van der Waals surface area contributed by atoms with Crippen molar-refractivity contribution in [2.45, 2.75) is 19.0 Å². The molecule has 5 heteroatoms. The van der Waals surface area contributed by atoms with Gasteiger partial charge in [0.1, 0.15) is 11.5 Å². The lowest BCUT2D eigenvalue weighted by atomic mass is 10.0. The number of morpholine rings is 1. The third-order valence-electron chi connectivity index (χ3n) is 3.78. The lowest BCUT2D eigenvalue weighted by Crippen LogP contribution is -2.46. The highest BCUT2D eigenvalue weighted by Gasteiger charge is 2.22. The first-order chi connectivity index (χ1) is 9.65. The van der Waals surface area contributed by atoms with E-state index in [9.17, 15) is 0 Å². The molecule has 2 N–H and O–H groups in total. The maximum Gasteiger partial charge on any atom is 0.127 e. The molecule has 1 heterocycles. The largest absolute Gasteiger partial charge is 0.497 e. The van der Waals surface area contributed by atoms with Crippen molar-refractivity contribution < 1.29 is 14.2 Å². The minimum atomic E-state index is -0.0867. The van der Waals surface area contributed by atoms with E-state index in [-0.39, 0.29) is 6.04 Å². The van der Waals surface area contributed by atoms with Crippen molar-refractivity contribution in [3.63, 3.8) is 0 Å². The number of hydrogen-bond acceptors (Lipinski definition) is 5. The summed E-state index contributed by atoms with van der Waals surface area (Å²) in [5.74, 6) is 1.55. The summed E-state index contributed by atoms with van der Waals surface area (Å²) in [6, 6.07) is 6.08. The van der Waals surface area contributed by atoms with Gasteiger partial charge >= 0.3 is 0 Å². The Labute approximate surface area is 120 Å². The molecule has 0 amide bonds. The van der Waals surface area contributed by atoms with E-state index in [1.807, 2.05) is 18.2 Å². The summed E-state index contributed by atoms with van der Waals surface area (Å²) in [6.45, 7) is 5.43. The van der Waals surface area contributed by atoms with E-state index in [1.54, 1.807) is 14.2 Å². The highest BCUT2D eigenvalue weighted by Crippen LogP contribution is 2.29. The highest BCUT2D eigenvalue weighted by atomic mass is 16.5. The van der Waals surface area contributed by atoms with Gasteiger partial charge in [-0.25, -0.2) is 0 Å². The Balaban J connectivity index is 2.09. The van der Waals surface area contributed by atoms with Crippen molar-refractivity contribution in [2.24, 2.45) is 5.73 Å². The van der Waals surface area contributed by atoms with Crippen molar-refractivity contribution in [3.8, 4) is 11.5 Å². The molecule has 1 fully saturated rings. The zero-order valence-electron chi connectivity index (χ0n) is 12.5. The number of rotatable bonds is 5. The molecule has 1 aliphatic rings. The summed E-state index contributed by atoms with van der Waals surface area (Å²) >= 11 is 0. The van der Waals surface area contributed by atoms with Crippen LogP contribution in [0.4, 0.5) is 0 Å². The lowest BCUT2D eigenvalue weighted by Gasteiger charge is -2.35. The van der Waals surface area contributed by atoms with Crippen molar-refractivity contribution in [1.29, 1.82) is 0 Å². The maximum absolute atomic E-state index is 6.35. The molecule has 0 bridgehead atoms. The molecule has 2 rings (SSSR count). The first kappa shape index (κ1) is 15.1. The summed E-state index contributed by atoms with van der Waals surface area (Å²) in [5.41, 5.74) is 7.36. The second-order valence-corrected chi connectivity index (χ2v) is 5.13. The van der Waals surface area contributed by atoms with Gasteiger partial charge in [0.2, 0.25) is 0 Å². The summed E-state index contributed by atoms with van der Waals surface area (Å²) in [7, 11) is 3.30. The highest BCUT2D eigenvalue weighted by molar-refractivity contribution is 5.42. The second kappa shape index (κ2) is 6.92. The van der Waals surface area contributed by atoms with Gasteiger partial charge < -0.3 is 19.9 Å². The van der Waals surface area contributed by atoms with Gasteiger partial charge in [-0.3, -0.25) is 4.90 Å². The van der Waals surface area contributed by atoms with Crippen LogP contribution < -0.4 is 15.2 Å². The predicted octanol–water partition coefficient (Wildman–Crippen LogP) is 1.42. The fourth-order valence-electron chi connectivity index (χ4n) is 2.51. The van der Waals surface area contributed by atoms with Crippen molar-refractivity contribution in [3.05, 3.63) is 23.8 Å². The van der Waals surface area contributed by atoms with Crippen LogP contribution in [0.2, 0.25) is 0 Å². The third-order valence-corrected chi connectivity index (χ3v) is 3.78. The Bertz CT molecular complexity index is 439. The fraction of sp³-hybridized carbons (Fsp3) is 0.600. The van der Waals surface area contributed by atoms with E-state index in [4.69, 9.17) is 19.9 Å². The summed E-state index contributed by atoms with van der Waals surface area (Å²) in [6.07, 6.45) is 0. The Morgan fingerprint density at radius 3 is 2.85 bits per heavy atom. The molecule has 20 heavy (non-hydrogen) atoms. The molecule has 1 aliphatic heterocycles. The third kappa shape index (κ3) is 3.42. The second-order valence-electron chi connectivity index (χ2n) is 5.13. The molecule has 0 radical (unpaired) electrons. The van der Waals surface area contributed by atoms with Gasteiger partial charge in [-0.05, 0) is 13.0 Å². The van der Waals surface area contributed by atoms with Gasteiger partial charge in [0.25, 0.3) is 0 Å². The summed E-state index contributed by atoms with van der Waals surface area (Å²) in [4.78, 5) is 2.36. The van der Waals surface area contributed by atoms with Crippen LogP contribution in [0, 0.1) is 0 Å². The van der Waals surface area contributed by atoms with Crippen LogP contribution in [0.1, 0.15) is 18.5 Å². The van der Waals surface area contributed by atoms with Crippen molar-refractivity contribution in [1.82, 2.24) is 4.90 Å². The smallest absolute Gasteiger partial charge is 0.127 e. The van der Waals surface area contributed by atoms with Crippen LogP contribution in [-0.2, 0) is 4.74 Å². The Hall–Kier alpha value is -1.30. The maximum atomic E-state index is 6.35. The number of nitrogens with two attached hydrogens (primary N) is 1. The average Bonchev–Trinajstić information content (AvgIpc) is 2.48. The lowest BCUT2D eigenvalue weighted by molar-refractivity contribution is -0.00288. The van der Waals surface area contributed by atoms with Crippen molar-refractivity contribution >= 4 is 0 Å².